The van der Waals surface area contributed by atoms with E-state index in [1.165, 1.54) is 6.92 Å². The van der Waals surface area contributed by atoms with Crippen molar-refractivity contribution in [2.24, 2.45) is 0 Å². The molecule has 5 nitrogen and oxygen atoms in total. The van der Waals surface area contributed by atoms with Crippen molar-refractivity contribution < 1.29 is 9.59 Å². The van der Waals surface area contributed by atoms with Gasteiger partial charge in [0.1, 0.15) is 0 Å². The molecule has 1 heterocycles. The lowest BCUT2D eigenvalue weighted by Gasteiger charge is -2.07. The van der Waals surface area contributed by atoms with Gasteiger partial charge in [-0.15, -0.1) is 0 Å². The maximum atomic E-state index is 12.3. The first-order valence-corrected chi connectivity index (χ1v) is 7.60. The molecule has 0 fully saturated rings. The lowest BCUT2D eigenvalue weighted by molar-refractivity contribution is 0.101. The number of benzene rings is 2. The van der Waals surface area contributed by atoms with Crippen LogP contribution in [0.4, 0.5) is 5.69 Å². The molecular formula is C19H17N3O2. The topological polar surface area (TPSA) is 64.0 Å². The summed E-state index contributed by atoms with van der Waals surface area (Å²) in [6.07, 6.45) is 3.63. The second kappa shape index (κ2) is 6.91. The van der Waals surface area contributed by atoms with Gasteiger partial charge in [0, 0.05) is 29.2 Å². The lowest BCUT2D eigenvalue weighted by Crippen LogP contribution is -2.12. The average Bonchev–Trinajstić information content (AvgIpc) is 3.09. The molecular weight excluding hydrogens is 302 g/mol. The third-order valence-electron chi connectivity index (χ3n) is 3.67. The minimum atomic E-state index is -0.184. The number of anilines is 1. The fourth-order valence-electron chi connectivity index (χ4n) is 2.33. The smallest absolute Gasteiger partial charge is 0.255 e. The van der Waals surface area contributed by atoms with Crippen LogP contribution in [0.15, 0.2) is 67.0 Å². The summed E-state index contributed by atoms with van der Waals surface area (Å²) < 4.78 is 1.83. The number of carbonyl (C=O) groups excluding carboxylic acids is 2. The summed E-state index contributed by atoms with van der Waals surface area (Å²) in [7, 11) is 0. The molecule has 0 radical (unpaired) electrons. The predicted molar refractivity (Wildman–Crippen MR) is 92.2 cm³/mol. The number of Topliss-reactive ketones (excluding diaryl/α,β-unsaturated/α-hetero) is 1. The second-order valence-corrected chi connectivity index (χ2v) is 5.49. The highest BCUT2D eigenvalue weighted by molar-refractivity contribution is 6.04. The molecule has 0 aliphatic carbocycles. The summed E-state index contributed by atoms with van der Waals surface area (Å²) in [4.78, 5) is 23.5. The van der Waals surface area contributed by atoms with Crippen molar-refractivity contribution >= 4 is 17.4 Å². The molecule has 0 aliphatic heterocycles. The van der Waals surface area contributed by atoms with Crippen LogP contribution >= 0.6 is 0 Å². The fourth-order valence-corrected chi connectivity index (χ4v) is 2.33. The Labute approximate surface area is 139 Å². The van der Waals surface area contributed by atoms with E-state index in [1.807, 2.05) is 29.1 Å². The normalized spacial score (nSPS) is 10.4. The maximum absolute atomic E-state index is 12.3. The minimum Gasteiger partial charge on any atom is -0.322 e. The Bertz CT molecular complexity index is 835. The second-order valence-electron chi connectivity index (χ2n) is 5.49. The highest BCUT2D eigenvalue weighted by atomic mass is 16.1. The van der Waals surface area contributed by atoms with E-state index in [1.54, 1.807) is 42.6 Å². The zero-order valence-electron chi connectivity index (χ0n) is 13.3. The molecule has 0 atom stereocenters. The minimum absolute atomic E-state index is 0.000599. The molecule has 0 saturated carbocycles. The molecule has 5 heteroatoms. The van der Waals surface area contributed by atoms with Crippen LogP contribution in [0.3, 0.4) is 0 Å². The Morgan fingerprint density at radius 2 is 1.67 bits per heavy atom. The SMILES string of the molecule is CC(=O)c1ccc(NC(=O)c2ccc(Cn3cccn3)cc2)cc1. The Morgan fingerprint density at radius 3 is 2.25 bits per heavy atom. The Hall–Kier alpha value is -3.21. The van der Waals surface area contributed by atoms with Crippen LogP contribution in [0.25, 0.3) is 0 Å². The van der Waals surface area contributed by atoms with Gasteiger partial charge in [-0.05, 0) is 55.0 Å². The van der Waals surface area contributed by atoms with Crippen LogP contribution in [-0.4, -0.2) is 21.5 Å². The van der Waals surface area contributed by atoms with Gasteiger partial charge < -0.3 is 5.32 Å². The quantitative estimate of drug-likeness (QED) is 0.733. The monoisotopic (exact) mass is 319 g/mol. The van der Waals surface area contributed by atoms with Gasteiger partial charge in [-0.1, -0.05) is 12.1 Å². The molecule has 0 unspecified atom stereocenters. The van der Waals surface area contributed by atoms with Gasteiger partial charge in [0.15, 0.2) is 5.78 Å². The zero-order valence-corrected chi connectivity index (χ0v) is 13.3. The van der Waals surface area contributed by atoms with Gasteiger partial charge >= 0.3 is 0 Å². The van der Waals surface area contributed by atoms with Gasteiger partial charge in [-0.3, -0.25) is 14.3 Å². The molecule has 120 valence electrons. The number of hydrogen-bond donors (Lipinski definition) is 1. The first kappa shape index (κ1) is 15.7. The Balaban J connectivity index is 1.65. The van der Waals surface area contributed by atoms with E-state index in [9.17, 15) is 9.59 Å². The van der Waals surface area contributed by atoms with Crippen molar-refractivity contribution in [3.63, 3.8) is 0 Å². The first-order chi connectivity index (χ1) is 11.6. The average molecular weight is 319 g/mol. The lowest BCUT2D eigenvalue weighted by atomic mass is 10.1. The number of amides is 1. The van der Waals surface area contributed by atoms with Gasteiger partial charge in [0.2, 0.25) is 0 Å². The molecule has 0 saturated heterocycles. The van der Waals surface area contributed by atoms with Crippen LogP contribution in [0.2, 0.25) is 0 Å². The molecule has 1 amide bonds. The van der Waals surface area contributed by atoms with Crippen LogP contribution < -0.4 is 5.32 Å². The Morgan fingerprint density at radius 1 is 1.00 bits per heavy atom. The highest BCUT2D eigenvalue weighted by Gasteiger charge is 2.07. The third-order valence-corrected chi connectivity index (χ3v) is 3.67. The Kier molecular flexibility index (Phi) is 4.52. The van der Waals surface area contributed by atoms with Crippen molar-refractivity contribution in [1.29, 1.82) is 0 Å². The number of ketones is 1. The summed E-state index contributed by atoms with van der Waals surface area (Å²) in [6, 6.07) is 16.1. The van der Waals surface area contributed by atoms with Crippen molar-refractivity contribution in [3.8, 4) is 0 Å². The van der Waals surface area contributed by atoms with Crippen LogP contribution in [0.1, 0.15) is 33.2 Å². The highest BCUT2D eigenvalue weighted by Crippen LogP contribution is 2.13. The molecule has 3 aromatic rings. The van der Waals surface area contributed by atoms with E-state index in [2.05, 4.69) is 10.4 Å². The molecule has 3 rings (SSSR count). The zero-order chi connectivity index (χ0) is 16.9. The number of hydrogen-bond acceptors (Lipinski definition) is 3. The summed E-state index contributed by atoms with van der Waals surface area (Å²) in [5, 5.41) is 6.98. The van der Waals surface area contributed by atoms with Gasteiger partial charge in [-0.2, -0.15) is 5.10 Å². The molecule has 1 aromatic heterocycles. The van der Waals surface area contributed by atoms with E-state index in [0.717, 1.165) is 5.56 Å². The van der Waals surface area contributed by atoms with E-state index >= 15 is 0 Å². The summed E-state index contributed by atoms with van der Waals surface area (Å²) in [5.74, 6) is -0.183. The van der Waals surface area contributed by atoms with Crippen molar-refractivity contribution in [3.05, 3.63) is 83.7 Å². The number of carbonyl (C=O) groups is 2. The first-order valence-electron chi connectivity index (χ1n) is 7.60. The van der Waals surface area contributed by atoms with E-state index in [-0.39, 0.29) is 11.7 Å². The van der Waals surface area contributed by atoms with Crippen molar-refractivity contribution in [2.75, 3.05) is 5.32 Å². The molecule has 1 N–H and O–H groups in total. The number of nitrogens with zero attached hydrogens (tertiary/aromatic N) is 2. The summed E-state index contributed by atoms with van der Waals surface area (Å²) >= 11 is 0. The summed E-state index contributed by atoms with van der Waals surface area (Å²) in [6.45, 7) is 2.18. The molecule has 2 aromatic carbocycles. The van der Waals surface area contributed by atoms with E-state index < -0.39 is 0 Å². The molecule has 0 bridgehead atoms. The fraction of sp³-hybridized carbons (Fsp3) is 0.105. The van der Waals surface area contributed by atoms with E-state index in [4.69, 9.17) is 0 Å². The van der Waals surface area contributed by atoms with Crippen LogP contribution in [0.5, 0.6) is 0 Å². The largest absolute Gasteiger partial charge is 0.322 e. The van der Waals surface area contributed by atoms with Crippen molar-refractivity contribution in [2.45, 2.75) is 13.5 Å². The van der Waals surface area contributed by atoms with Crippen molar-refractivity contribution in [1.82, 2.24) is 9.78 Å². The summed E-state index contributed by atoms with van der Waals surface area (Å²) in [5.41, 5.74) is 2.93. The van der Waals surface area contributed by atoms with Gasteiger partial charge in [0.05, 0.1) is 6.54 Å². The van der Waals surface area contributed by atoms with E-state index in [0.29, 0.717) is 23.4 Å². The van der Waals surface area contributed by atoms with Crippen LogP contribution in [0, 0.1) is 0 Å². The number of nitrogens with one attached hydrogen (secondary N) is 1. The maximum Gasteiger partial charge on any atom is 0.255 e. The predicted octanol–water partition coefficient (Wildman–Crippen LogP) is 3.39. The molecule has 24 heavy (non-hydrogen) atoms. The third kappa shape index (κ3) is 3.76. The van der Waals surface area contributed by atoms with Gasteiger partial charge in [-0.25, -0.2) is 0 Å². The molecule has 0 spiro atoms. The molecule has 0 aliphatic rings. The number of aromatic nitrogens is 2. The standard InChI is InChI=1S/C19H17N3O2/c1-14(23)16-7-9-18(10-8-16)21-19(24)17-5-3-15(4-6-17)13-22-12-2-11-20-22/h2-12H,13H2,1H3,(H,21,24). The van der Waals surface area contributed by atoms with Crippen LogP contribution in [-0.2, 0) is 6.54 Å². The van der Waals surface area contributed by atoms with Gasteiger partial charge in [0.25, 0.3) is 5.91 Å². The number of rotatable bonds is 5.